The molecule has 1 saturated carbocycles. The largest absolute Gasteiger partial charge is 0.289 e. The molecule has 0 saturated heterocycles. The van der Waals surface area contributed by atoms with Gasteiger partial charge in [0.25, 0.3) is 5.69 Å². The van der Waals surface area contributed by atoms with Crippen molar-refractivity contribution in [2.24, 2.45) is 0 Å². The van der Waals surface area contributed by atoms with Crippen molar-refractivity contribution in [3.05, 3.63) is 33.3 Å². The zero-order valence-corrected chi connectivity index (χ0v) is 11.1. The lowest BCUT2D eigenvalue weighted by atomic mass is 10.3. The zero-order chi connectivity index (χ0) is 13.5. The Hall–Kier alpha value is -1.18. The molecule has 0 atom stereocenters. The fourth-order valence-electron chi connectivity index (χ4n) is 1.59. The Bertz CT molecular complexity index is 598. The van der Waals surface area contributed by atoms with Gasteiger partial charge in [-0.1, -0.05) is 11.6 Å². The third-order valence-electron chi connectivity index (χ3n) is 2.85. The second-order valence-electron chi connectivity index (χ2n) is 4.12. The Balaban J connectivity index is 2.44. The number of nitrogens with zero attached hydrogens (tertiary/aromatic N) is 2. The summed E-state index contributed by atoms with van der Waals surface area (Å²) in [6.45, 7) is 0. The molecule has 0 amide bonds. The summed E-state index contributed by atoms with van der Waals surface area (Å²) in [5.41, 5.74) is -0.401. The van der Waals surface area contributed by atoms with Gasteiger partial charge in [-0.25, -0.2) is 8.42 Å². The maximum atomic E-state index is 12.2. The van der Waals surface area contributed by atoms with Crippen LogP contribution in [0.1, 0.15) is 12.8 Å². The lowest BCUT2D eigenvalue weighted by Gasteiger charge is -2.16. The Kier molecular flexibility index (Phi) is 3.31. The average Bonchev–Trinajstić information content (AvgIpc) is 3.11. The highest BCUT2D eigenvalue weighted by atomic mass is 35.5. The van der Waals surface area contributed by atoms with E-state index in [1.165, 1.54) is 23.5 Å². The molecule has 0 heterocycles. The van der Waals surface area contributed by atoms with Crippen LogP contribution < -0.4 is 0 Å². The molecular formula is C10H11ClN2O4S. The highest BCUT2D eigenvalue weighted by Crippen LogP contribution is 2.33. The smallest absolute Gasteiger partial charge is 0.258 e. The molecule has 18 heavy (non-hydrogen) atoms. The van der Waals surface area contributed by atoms with Gasteiger partial charge in [0.05, 0.1) is 9.82 Å². The van der Waals surface area contributed by atoms with Gasteiger partial charge in [-0.15, -0.1) is 0 Å². The number of sulfonamides is 1. The van der Waals surface area contributed by atoms with E-state index < -0.39 is 20.6 Å². The Morgan fingerprint density at radius 1 is 1.44 bits per heavy atom. The summed E-state index contributed by atoms with van der Waals surface area (Å²) >= 11 is 5.65. The van der Waals surface area contributed by atoms with Crippen molar-refractivity contribution in [2.45, 2.75) is 23.8 Å². The SMILES string of the molecule is CN(C1CC1)S(=O)(=O)c1ccc(Cl)c([N+](=O)[O-])c1. The maximum Gasteiger partial charge on any atom is 0.289 e. The van der Waals surface area contributed by atoms with E-state index in [1.54, 1.807) is 0 Å². The molecule has 6 nitrogen and oxygen atoms in total. The molecule has 1 aliphatic carbocycles. The van der Waals surface area contributed by atoms with Crippen molar-refractivity contribution in [2.75, 3.05) is 7.05 Å². The van der Waals surface area contributed by atoms with Crippen LogP contribution in [0.15, 0.2) is 23.1 Å². The van der Waals surface area contributed by atoms with Crippen LogP contribution in [0.2, 0.25) is 5.02 Å². The van der Waals surface area contributed by atoms with Crippen molar-refractivity contribution in [1.29, 1.82) is 0 Å². The summed E-state index contributed by atoms with van der Waals surface area (Å²) in [6.07, 6.45) is 1.65. The monoisotopic (exact) mass is 290 g/mol. The van der Waals surface area contributed by atoms with Gasteiger partial charge in [0.15, 0.2) is 0 Å². The average molecular weight is 291 g/mol. The molecular weight excluding hydrogens is 280 g/mol. The molecule has 98 valence electrons. The highest BCUT2D eigenvalue weighted by molar-refractivity contribution is 7.89. The molecule has 0 aliphatic heterocycles. The first-order valence-corrected chi connectivity index (χ1v) is 7.08. The fourth-order valence-corrected chi connectivity index (χ4v) is 3.22. The molecule has 1 fully saturated rings. The first-order valence-electron chi connectivity index (χ1n) is 5.26. The summed E-state index contributed by atoms with van der Waals surface area (Å²) < 4.78 is 25.6. The van der Waals surface area contributed by atoms with E-state index >= 15 is 0 Å². The number of benzene rings is 1. The van der Waals surface area contributed by atoms with E-state index in [1.807, 2.05) is 0 Å². The number of nitro benzene ring substituents is 1. The molecule has 0 unspecified atom stereocenters. The fraction of sp³-hybridized carbons (Fsp3) is 0.400. The molecule has 0 aromatic heterocycles. The van der Waals surface area contributed by atoms with Crippen molar-refractivity contribution >= 4 is 27.3 Å². The molecule has 1 aromatic rings. The highest BCUT2D eigenvalue weighted by Gasteiger charge is 2.35. The van der Waals surface area contributed by atoms with Crippen LogP contribution in [0.25, 0.3) is 0 Å². The molecule has 0 spiro atoms. The third kappa shape index (κ3) is 2.33. The molecule has 0 bridgehead atoms. The van der Waals surface area contributed by atoms with E-state index in [-0.39, 0.29) is 16.0 Å². The molecule has 0 N–H and O–H groups in total. The number of rotatable bonds is 4. The van der Waals surface area contributed by atoms with Gasteiger partial charge in [0, 0.05) is 19.2 Å². The van der Waals surface area contributed by atoms with Crippen LogP contribution in [-0.2, 0) is 10.0 Å². The number of nitro groups is 1. The van der Waals surface area contributed by atoms with E-state index in [0.717, 1.165) is 18.9 Å². The Morgan fingerprint density at radius 2 is 2.06 bits per heavy atom. The quantitative estimate of drug-likeness (QED) is 0.627. The maximum absolute atomic E-state index is 12.2. The predicted octanol–water partition coefficient (Wildman–Crippen LogP) is 2.03. The summed E-state index contributed by atoms with van der Waals surface area (Å²) in [4.78, 5) is 9.93. The first-order chi connectivity index (χ1) is 8.34. The minimum atomic E-state index is -3.68. The second-order valence-corrected chi connectivity index (χ2v) is 6.53. The number of halogens is 1. The normalized spacial score (nSPS) is 15.9. The van der Waals surface area contributed by atoms with Crippen LogP contribution in [0.3, 0.4) is 0 Å². The number of hydrogen-bond acceptors (Lipinski definition) is 4. The Labute approximate surface area is 109 Å². The first kappa shape index (κ1) is 13.3. The molecule has 0 radical (unpaired) electrons. The second kappa shape index (κ2) is 4.49. The minimum Gasteiger partial charge on any atom is -0.258 e. The van der Waals surface area contributed by atoms with Crippen molar-refractivity contribution in [3.63, 3.8) is 0 Å². The van der Waals surface area contributed by atoms with E-state index in [9.17, 15) is 18.5 Å². The number of hydrogen-bond donors (Lipinski definition) is 0. The predicted molar refractivity (Wildman–Crippen MR) is 66.1 cm³/mol. The molecule has 8 heteroatoms. The van der Waals surface area contributed by atoms with E-state index in [4.69, 9.17) is 11.6 Å². The van der Waals surface area contributed by atoms with Gasteiger partial charge in [0.2, 0.25) is 10.0 Å². The van der Waals surface area contributed by atoms with Crippen molar-refractivity contribution < 1.29 is 13.3 Å². The molecule has 1 aliphatic rings. The van der Waals surface area contributed by atoms with Gasteiger partial charge in [-0.2, -0.15) is 4.31 Å². The summed E-state index contributed by atoms with van der Waals surface area (Å²) in [7, 11) is -2.20. The van der Waals surface area contributed by atoms with Crippen LogP contribution >= 0.6 is 11.6 Å². The summed E-state index contributed by atoms with van der Waals surface area (Å²) in [5, 5.41) is 10.7. The van der Waals surface area contributed by atoms with E-state index in [0.29, 0.717) is 0 Å². The molecule has 1 aromatic carbocycles. The zero-order valence-electron chi connectivity index (χ0n) is 9.54. The van der Waals surface area contributed by atoms with Crippen molar-refractivity contribution in [1.82, 2.24) is 4.31 Å². The van der Waals surface area contributed by atoms with E-state index in [2.05, 4.69) is 0 Å². The summed E-state index contributed by atoms with van der Waals surface area (Å²) in [6, 6.07) is 3.51. The van der Waals surface area contributed by atoms with Gasteiger partial charge >= 0.3 is 0 Å². The van der Waals surface area contributed by atoms with Gasteiger partial charge < -0.3 is 0 Å². The van der Waals surface area contributed by atoms with Gasteiger partial charge in [0.1, 0.15) is 5.02 Å². The van der Waals surface area contributed by atoms with Crippen LogP contribution in [-0.4, -0.2) is 30.7 Å². The van der Waals surface area contributed by atoms with Crippen LogP contribution in [0.5, 0.6) is 0 Å². The van der Waals surface area contributed by atoms with Crippen LogP contribution in [0.4, 0.5) is 5.69 Å². The lowest BCUT2D eigenvalue weighted by Crippen LogP contribution is -2.28. The van der Waals surface area contributed by atoms with Gasteiger partial charge in [-0.3, -0.25) is 10.1 Å². The van der Waals surface area contributed by atoms with Gasteiger partial charge in [-0.05, 0) is 25.0 Å². The third-order valence-corrected chi connectivity index (χ3v) is 5.08. The Morgan fingerprint density at radius 3 is 2.56 bits per heavy atom. The lowest BCUT2D eigenvalue weighted by molar-refractivity contribution is -0.384. The van der Waals surface area contributed by atoms with Crippen LogP contribution in [0, 0.1) is 10.1 Å². The topological polar surface area (TPSA) is 80.5 Å². The standard InChI is InChI=1S/C10H11ClN2O4S/c1-12(7-2-3-7)18(16,17)8-4-5-9(11)10(6-8)13(14)15/h4-7H,2-3H2,1H3. The molecule has 2 rings (SSSR count). The minimum absolute atomic E-state index is 0.00438. The summed E-state index contributed by atoms with van der Waals surface area (Å²) in [5.74, 6) is 0. The van der Waals surface area contributed by atoms with Crippen molar-refractivity contribution in [3.8, 4) is 0 Å².